The average molecular weight is 751 g/mol. The molecule has 0 spiro atoms. The van der Waals surface area contributed by atoms with Crippen LogP contribution in [0.4, 0.5) is 0 Å². The zero-order chi connectivity index (χ0) is 40.0. The van der Waals surface area contributed by atoms with E-state index in [0.29, 0.717) is 36.5 Å². The Labute approximate surface area is 326 Å². The molecule has 13 atom stereocenters. The third kappa shape index (κ3) is 6.10. The molecule has 0 aliphatic heterocycles. The van der Waals surface area contributed by atoms with Crippen molar-refractivity contribution < 1.29 is 28.7 Å². The molecular weight excluding hydrogens is 677 g/mol. The van der Waals surface area contributed by atoms with Crippen molar-refractivity contribution in [1.29, 1.82) is 0 Å². The van der Waals surface area contributed by atoms with E-state index in [2.05, 4.69) is 72.6 Å². The smallest absolute Gasteiger partial charge is 0.328 e. The molecule has 6 rings (SSSR count). The van der Waals surface area contributed by atoms with Crippen LogP contribution >= 0.6 is 0 Å². The lowest BCUT2D eigenvalue weighted by molar-refractivity contribution is -0.249. The highest BCUT2D eigenvalue weighted by atomic mass is 16.5. The Balaban J connectivity index is 1.22. The largest absolute Gasteiger partial charge is 0.467 e. The second-order valence-electron chi connectivity index (χ2n) is 21.6. The molecular formula is C46H74N2O6. The van der Waals surface area contributed by atoms with E-state index in [1.165, 1.54) is 25.5 Å². The van der Waals surface area contributed by atoms with E-state index in [1.54, 1.807) is 6.92 Å². The van der Waals surface area contributed by atoms with Crippen LogP contribution in [0.2, 0.25) is 0 Å². The second kappa shape index (κ2) is 13.9. The second-order valence-corrected chi connectivity index (χ2v) is 21.6. The summed E-state index contributed by atoms with van der Waals surface area (Å²) >= 11 is 0. The van der Waals surface area contributed by atoms with Crippen LogP contribution in [0.25, 0.3) is 0 Å². The van der Waals surface area contributed by atoms with Gasteiger partial charge in [0, 0.05) is 24.3 Å². The Morgan fingerprint density at radius 1 is 0.796 bits per heavy atom. The first-order valence-corrected chi connectivity index (χ1v) is 21.5. The van der Waals surface area contributed by atoms with Crippen LogP contribution in [0.15, 0.2) is 12.2 Å². The molecule has 6 aliphatic rings. The summed E-state index contributed by atoms with van der Waals surface area (Å²) in [6.45, 7) is 29.0. The number of fused-ring (bicyclic) bond motifs is 7. The minimum Gasteiger partial charge on any atom is -0.467 e. The fourth-order valence-electron chi connectivity index (χ4n) is 14.9. The van der Waals surface area contributed by atoms with Crippen LogP contribution in [0, 0.1) is 73.9 Å². The van der Waals surface area contributed by atoms with Crippen LogP contribution in [0.1, 0.15) is 153 Å². The summed E-state index contributed by atoms with van der Waals surface area (Å²) < 4.78 is 11.0. The Hall–Kier alpha value is -2.38. The molecule has 0 heterocycles. The number of hydrogen-bond acceptors (Lipinski definition) is 6. The first-order chi connectivity index (χ1) is 25.0. The van der Waals surface area contributed by atoms with Crippen molar-refractivity contribution in [1.82, 2.24) is 10.6 Å². The molecule has 0 aromatic rings. The monoisotopic (exact) mass is 751 g/mol. The van der Waals surface area contributed by atoms with Gasteiger partial charge in [-0.25, -0.2) is 4.79 Å². The van der Waals surface area contributed by atoms with Gasteiger partial charge in [-0.1, -0.05) is 74.5 Å². The van der Waals surface area contributed by atoms with E-state index in [1.807, 2.05) is 13.8 Å². The van der Waals surface area contributed by atoms with Crippen LogP contribution in [0.3, 0.4) is 0 Å². The fourth-order valence-corrected chi connectivity index (χ4v) is 14.9. The predicted molar refractivity (Wildman–Crippen MR) is 212 cm³/mol. The van der Waals surface area contributed by atoms with Gasteiger partial charge in [0.2, 0.25) is 11.8 Å². The SMILES string of the molecule is C=C(C)C1CC[C@]2(C(=O)N[C@@H]3C[C@H](C(=O)N[C@@H](CC(C)C)C(=O)OC)C3(C)C)CC[C@]3(C)[C@H](CC[C@@H]4[C@@]5(C)CC[C@H](OC(C)=O)C(C)(C)[C@@H]5CC[C@]43C)[C@@H]12. The summed E-state index contributed by atoms with van der Waals surface area (Å²) in [6, 6.07) is -0.777. The molecule has 8 nitrogen and oxygen atoms in total. The molecule has 6 fully saturated rings. The first kappa shape index (κ1) is 41.3. The summed E-state index contributed by atoms with van der Waals surface area (Å²) in [5, 5.41) is 6.56. The molecule has 2 N–H and O–H groups in total. The van der Waals surface area contributed by atoms with Gasteiger partial charge in [-0.05, 0) is 141 Å². The molecule has 0 aromatic heterocycles. The molecule has 6 saturated carbocycles. The molecule has 54 heavy (non-hydrogen) atoms. The lowest BCUT2D eigenvalue weighted by atomic mass is 9.32. The number of methoxy groups -OCH3 is 1. The molecule has 0 saturated heterocycles. The third-order valence-corrected chi connectivity index (χ3v) is 18.2. The molecule has 0 radical (unpaired) electrons. The molecule has 2 amide bonds. The van der Waals surface area contributed by atoms with Crippen molar-refractivity contribution in [2.24, 2.45) is 73.9 Å². The number of allylic oxidation sites excluding steroid dienone is 1. The molecule has 1 unspecified atom stereocenters. The molecule has 304 valence electrons. The predicted octanol–water partition coefficient (Wildman–Crippen LogP) is 8.81. The van der Waals surface area contributed by atoms with Crippen molar-refractivity contribution in [3.63, 3.8) is 0 Å². The number of hydrogen-bond donors (Lipinski definition) is 2. The van der Waals surface area contributed by atoms with E-state index in [0.717, 1.165) is 51.4 Å². The van der Waals surface area contributed by atoms with Gasteiger partial charge >= 0.3 is 11.9 Å². The molecule has 0 aromatic carbocycles. The van der Waals surface area contributed by atoms with Gasteiger partial charge in [-0.15, -0.1) is 0 Å². The number of carbonyl (C=O) groups is 4. The maximum atomic E-state index is 15.0. The highest BCUT2D eigenvalue weighted by Gasteiger charge is 2.72. The van der Waals surface area contributed by atoms with Crippen LogP contribution in [0.5, 0.6) is 0 Å². The van der Waals surface area contributed by atoms with E-state index in [9.17, 15) is 19.2 Å². The van der Waals surface area contributed by atoms with Crippen molar-refractivity contribution in [2.75, 3.05) is 7.11 Å². The number of amides is 2. The quantitative estimate of drug-likeness (QED) is 0.180. The molecule has 0 bridgehead atoms. The maximum absolute atomic E-state index is 15.0. The van der Waals surface area contributed by atoms with E-state index in [4.69, 9.17) is 9.47 Å². The molecule has 6 aliphatic carbocycles. The summed E-state index contributed by atoms with van der Waals surface area (Å²) in [6.07, 6.45) is 11.6. The van der Waals surface area contributed by atoms with Gasteiger partial charge in [0.05, 0.1) is 12.5 Å². The summed E-state index contributed by atoms with van der Waals surface area (Å²) in [7, 11) is 1.36. The topological polar surface area (TPSA) is 111 Å². The van der Waals surface area contributed by atoms with Gasteiger partial charge < -0.3 is 20.1 Å². The highest BCUT2D eigenvalue weighted by Crippen LogP contribution is 2.77. The lowest BCUT2D eigenvalue weighted by Gasteiger charge is -2.73. The van der Waals surface area contributed by atoms with Gasteiger partial charge in [0.25, 0.3) is 0 Å². The van der Waals surface area contributed by atoms with Gasteiger partial charge in [-0.2, -0.15) is 0 Å². The van der Waals surface area contributed by atoms with Gasteiger partial charge in [0.15, 0.2) is 0 Å². The van der Waals surface area contributed by atoms with E-state index < -0.39 is 22.8 Å². The number of esters is 2. The minimum atomic E-state index is -0.669. The van der Waals surface area contributed by atoms with Gasteiger partial charge in [0.1, 0.15) is 12.1 Å². The summed E-state index contributed by atoms with van der Waals surface area (Å²) in [5.41, 5.74) is 0.722. The van der Waals surface area contributed by atoms with Crippen molar-refractivity contribution in [3.05, 3.63) is 12.2 Å². The third-order valence-electron chi connectivity index (χ3n) is 18.2. The number of nitrogens with one attached hydrogen (secondary N) is 2. The zero-order valence-corrected chi connectivity index (χ0v) is 35.9. The van der Waals surface area contributed by atoms with E-state index in [-0.39, 0.29) is 69.3 Å². The van der Waals surface area contributed by atoms with Crippen molar-refractivity contribution >= 4 is 23.8 Å². The van der Waals surface area contributed by atoms with E-state index >= 15 is 0 Å². The summed E-state index contributed by atoms with van der Waals surface area (Å²) in [4.78, 5) is 53.2. The average Bonchev–Trinajstić information content (AvgIpc) is 3.48. The molecule has 8 heteroatoms. The van der Waals surface area contributed by atoms with Crippen LogP contribution in [-0.4, -0.2) is 49.1 Å². The number of ether oxygens (including phenoxy) is 2. The number of rotatable bonds is 9. The lowest BCUT2D eigenvalue weighted by Crippen LogP contribution is -2.68. The Bertz CT molecular complexity index is 1530. The Morgan fingerprint density at radius 2 is 1.48 bits per heavy atom. The normalized spacial score (nSPS) is 43.5. The highest BCUT2D eigenvalue weighted by molar-refractivity contribution is 5.88. The Morgan fingerprint density at radius 3 is 2.07 bits per heavy atom. The maximum Gasteiger partial charge on any atom is 0.328 e. The number of carbonyl (C=O) groups excluding carboxylic acids is 4. The minimum absolute atomic E-state index is 0.0278. The van der Waals surface area contributed by atoms with Crippen molar-refractivity contribution in [3.8, 4) is 0 Å². The Kier molecular flexibility index (Phi) is 10.6. The van der Waals surface area contributed by atoms with Crippen LogP contribution < -0.4 is 10.6 Å². The van der Waals surface area contributed by atoms with Crippen molar-refractivity contribution in [2.45, 2.75) is 171 Å². The first-order valence-electron chi connectivity index (χ1n) is 21.5. The van der Waals surface area contributed by atoms with Gasteiger partial charge in [-0.3, -0.25) is 14.4 Å². The fraction of sp³-hybridized carbons (Fsp3) is 0.870. The van der Waals surface area contributed by atoms with Crippen LogP contribution in [-0.2, 0) is 28.7 Å². The zero-order valence-electron chi connectivity index (χ0n) is 35.9. The standard InChI is InChI=1S/C46H74N2O6/c1-26(2)24-32(39(51)53-13)47-38(50)31-25-35(41(31,6)7)48-40(52)46-21-16-29(27(3)4)37(46)30-14-15-34-43(10)19-18-36(54-28(5)49)42(8,9)33(43)17-20-45(34,12)44(30,11)22-23-46/h26,29-37H,3,14-25H2,1-2,4-13H3,(H,47,50)(H,48,52)/t29?,30-,31-,32+,33+,34-,35-,36+,37-,43+,44-,45-,46+/m1/s1. The summed E-state index contributed by atoms with van der Waals surface area (Å²) in [5.74, 6) is 1.53.